The van der Waals surface area contributed by atoms with Gasteiger partial charge in [0.15, 0.2) is 0 Å². The van der Waals surface area contributed by atoms with Gasteiger partial charge >= 0.3 is 0 Å². The summed E-state index contributed by atoms with van der Waals surface area (Å²) >= 11 is 1.71. The third kappa shape index (κ3) is 3.09. The van der Waals surface area contributed by atoms with Crippen molar-refractivity contribution in [1.29, 1.82) is 0 Å². The molecule has 98 valence electrons. The summed E-state index contributed by atoms with van der Waals surface area (Å²) in [5, 5.41) is 1.37. The number of para-hydroxylation sites is 1. The molecule has 0 saturated carbocycles. The van der Waals surface area contributed by atoms with Gasteiger partial charge in [0.2, 0.25) is 0 Å². The molecular formula is C15H22N2S. The third-order valence-corrected chi connectivity index (χ3v) is 4.05. The fourth-order valence-electron chi connectivity index (χ4n) is 2.32. The van der Waals surface area contributed by atoms with Crippen molar-refractivity contribution in [2.75, 3.05) is 12.8 Å². The second-order valence-electron chi connectivity index (χ2n) is 5.12. The SMILES string of the molecule is CSNCC(Cc1c[nH]c2ccccc12)C(C)C. The Morgan fingerprint density at radius 2 is 2.06 bits per heavy atom. The van der Waals surface area contributed by atoms with Gasteiger partial charge in [0.05, 0.1) is 0 Å². The molecule has 0 radical (unpaired) electrons. The van der Waals surface area contributed by atoms with Gasteiger partial charge in [0.1, 0.15) is 0 Å². The topological polar surface area (TPSA) is 27.8 Å². The first-order valence-corrected chi connectivity index (χ1v) is 7.75. The number of rotatable bonds is 6. The lowest BCUT2D eigenvalue weighted by Gasteiger charge is -2.20. The summed E-state index contributed by atoms with van der Waals surface area (Å²) < 4.78 is 3.40. The average Bonchev–Trinajstić information content (AvgIpc) is 2.77. The van der Waals surface area contributed by atoms with Crippen molar-refractivity contribution in [2.45, 2.75) is 20.3 Å². The van der Waals surface area contributed by atoms with E-state index in [4.69, 9.17) is 0 Å². The number of hydrogen-bond acceptors (Lipinski definition) is 2. The van der Waals surface area contributed by atoms with Gasteiger partial charge < -0.3 is 4.98 Å². The fourth-order valence-corrected chi connectivity index (χ4v) is 2.70. The minimum atomic E-state index is 0.677. The highest BCUT2D eigenvalue weighted by atomic mass is 32.2. The van der Waals surface area contributed by atoms with E-state index in [-0.39, 0.29) is 0 Å². The predicted molar refractivity (Wildman–Crippen MR) is 81.8 cm³/mol. The van der Waals surface area contributed by atoms with Crippen molar-refractivity contribution >= 4 is 22.9 Å². The highest BCUT2D eigenvalue weighted by Gasteiger charge is 2.15. The van der Waals surface area contributed by atoms with E-state index in [1.165, 1.54) is 16.5 Å². The van der Waals surface area contributed by atoms with Crippen LogP contribution in [-0.2, 0) is 6.42 Å². The van der Waals surface area contributed by atoms with Crippen molar-refractivity contribution < 1.29 is 0 Å². The molecule has 1 aromatic heterocycles. The van der Waals surface area contributed by atoms with Crippen molar-refractivity contribution in [3.63, 3.8) is 0 Å². The maximum Gasteiger partial charge on any atom is 0.0456 e. The summed E-state index contributed by atoms with van der Waals surface area (Å²) in [6.45, 7) is 5.68. The molecular weight excluding hydrogens is 240 g/mol. The zero-order valence-corrected chi connectivity index (χ0v) is 12.2. The molecule has 1 unspecified atom stereocenters. The molecule has 0 amide bonds. The van der Waals surface area contributed by atoms with Crippen LogP contribution in [0, 0.1) is 11.8 Å². The van der Waals surface area contributed by atoms with Crippen LogP contribution in [0.15, 0.2) is 30.5 Å². The summed E-state index contributed by atoms with van der Waals surface area (Å²) in [4.78, 5) is 3.36. The molecule has 0 aliphatic rings. The molecule has 2 rings (SSSR count). The highest BCUT2D eigenvalue weighted by Crippen LogP contribution is 2.23. The lowest BCUT2D eigenvalue weighted by atomic mass is 9.89. The normalized spacial score (nSPS) is 13.3. The van der Waals surface area contributed by atoms with E-state index in [2.05, 4.69) is 60.3 Å². The van der Waals surface area contributed by atoms with E-state index in [9.17, 15) is 0 Å². The summed E-state index contributed by atoms with van der Waals surface area (Å²) in [6, 6.07) is 8.55. The maximum absolute atomic E-state index is 3.40. The molecule has 1 heterocycles. The lowest BCUT2D eigenvalue weighted by molar-refractivity contribution is 0.385. The lowest BCUT2D eigenvalue weighted by Crippen LogP contribution is -2.23. The standard InChI is InChI=1S/C15H22N2S/c1-11(2)12(10-17-18-3)8-13-9-16-15-7-5-4-6-14(13)15/h4-7,9,11-12,16-17H,8,10H2,1-3H3. The molecule has 0 saturated heterocycles. The second-order valence-corrected chi connectivity index (χ2v) is 5.82. The van der Waals surface area contributed by atoms with E-state index in [0.29, 0.717) is 11.8 Å². The van der Waals surface area contributed by atoms with Crippen molar-refractivity contribution in [3.05, 3.63) is 36.0 Å². The number of nitrogens with one attached hydrogen (secondary N) is 2. The van der Waals surface area contributed by atoms with Crippen molar-refractivity contribution in [2.24, 2.45) is 11.8 Å². The van der Waals surface area contributed by atoms with Crippen LogP contribution >= 0.6 is 11.9 Å². The summed E-state index contributed by atoms with van der Waals surface area (Å²) in [6.07, 6.45) is 5.39. The van der Waals surface area contributed by atoms with Crippen LogP contribution in [-0.4, -0.2) is 17.8 Å². The van der Waals surface area contributed by atoms with Gasteiger partial charge in [-0.1, -0.05) is 44.0 Å². The number of H-pyrrole nitrogens is 1. The molecule has 1 aromatic carbocycles. The Kier molecular flexibility index (Phi) is 4.72. The number of hydrogen-bond donors (Lipinski definition) is 2. The van der Waals surface area contributed by atoms with Crippen LogP contribution in [0.1, 0.15) is 19.4 Å². The Bertz CT molecular complexity index is 490. The van der Waals surface area contributed by atoms with Gasteiger partial charge in [-0.3, -0.25) is 4.72 Å². The molecule has 2 nitrogen and oxygen atoms in total. The van der Waals surface area contributed by atoms with Crippen LogP contribution in [0.4, 0.5) is 0 Å². The zero-order valence-electron chi connectivity index (χ0n) is 11.4. The van der Waals surface area contributed by atoms with Crippen LogP contribution in [0.25, 0.3) is 10.9 Å². The molecule has 0 aliphatic heterocycles. The zero-order chi connectivity index (χ0) is 13.0. The first kappa shape index (κ1) is 13.5. The van der Waals surface area contributed by atoms with Crippen molar-refractivity contribution in [1.82, 2.24) is 9.71 Å². The minimum absolute atomic E-state index is 0.677. The second kappa shape index (κ2) is 6.30. The Hall–Kier alpha value is -0.930. The van der Waals surface area contributed by atoms with Gasteiger partial charge in [0.25, 0.3) is 0 Å². The minimum Gasteiger partial charge on any atom is -0.361 e. The van der Waals surface area contributed by atoms with E-state index < -0.39 is 0 Å². The van der Waals surface area contributed by atoms with Crippen molar-refractivity contribution in [3.8, 4) is 0 Å². The Balaban J connectivity index is 2.15. The quantitative estimate of drug-likeness (QED) is 0.774. The summed E-state index contributed by atoms with van der Waals surface area (Å²) in [5.74, 6) is 1.37. The average molecular weight is 262 g/mol. The fraction of sp³-hybridized carbons (Fsp3) is 0.467. The van der Waals surface area contributed by atoms with E-state index in [1.807, 2.05) is 0 Å². The summed E-state index contributed by atoms with van der Waals surface area (Å²) in [7, 11) is 0. The highest BCUT2D eigenvalue weighted by molar-refractivity contribution is 7.96. The molecule has 3 heteroatoms. The van der Waals surface area contributed by atoms with E-state index >= 15 is 0 Å². The van der Waals surface area contributed by atoms with Gasteiger partial charge in [0, 0.05) is 23.6 Å². The first-order valence-electron chi connectivity index (χ1n) is 6.53. The number of aromatic nitrogens is 1. The third-order valence-electron chi connectivity index (χ3n) is 3.59. The number of aromatic amines is 1. The molecule has 18 heavy (non-hydrogen) atoms. The molecule has 0 aliphatic carbocycles. The molecule has 0 bridgehead atoms. The number of fused-ring (bicyclic) bond motifs is 1. The molecule has 2 N–H and O–H groups in total. The van der Waals surface area contributed by atoms with Crippen LogP contribution in [0.5, 0.6) is 0 Å². The monoisotopic (exact) mass is 262 g/mol. The molecule has 0 spiro atoms. The van der Waals surface area contributed by atoms with Crippen LogP contribution in [0.3, 0.4) is 0 Å². The number of benzene rings is 1. The van der Waals surface area contributed by atoms with E-state index in [1.54, 1.807) is 11.9 Å². The molecule has 2 aromatic rings. The van der Waals surface area contributed by atoms with Crippen LogP contribution < -0.4 is 4.72 Å². The predicted octanol–water partition coefficient (Wildman–Crippen LogP) is 3.85. The Morgan fingerprint density at radius 3 is 2.78 bits per heavy atom. The van der Waals surface area contributed by atoms with Gasteiger partial charge in [-0.05, 0) is 36.1 Å². The van der Waals surface area contributed by atoms with Crippen LogP contribution in [0.2, 0.25) is 0 Å². The largest absolute Gasteiger partial charge is 0.361 e. The van der Waals surface area contributed by atoms with Gasteiger partial charge in [-0.25, -0.2) is 0 Å². The van der Waals surface area contributed by atoms with Gasteiger partial charge in [-0.15, -0.1) is 0 Å². The Morgan fingerprint density at radius 1 is 1.28 bits per heavy atom. The smallest absolute Gasteiger partial charge is 0.0456 e. The molecule has 0 fully saturated rings. The van der Waals surface area contributed by atoms with E-state index in [0.717, 1.165) is 13.0 Å². The Labute approximate surface area is 114 Å². The first-order chi connectivity index (χ1) is 8.72. The maximum atomic E-state index is 3.40. The summed E-state index contributed by atoms with van der Waals surface area (Å²) in [5.41, 5.74) is 2.68. The molecule has 1 atom stereocenters. The van der Waals surface area contributed by atoms with Gasteiger partial charge in [-0.2, -0.15) is 0 Å².